The number of hydrogen-bond donors (Lipinski definition) is 1. The Balaban J connectivity index is 2.18. The second-order valence-electron chi connectivity index (χ2n) is 3.00. The minimum atomic E-state index is -0.249. The summed E-state index contributed by atoms with van der Waals surface area (Å²) in [6.07, 6.45) is 2.77. The predicted octanol–water partition coefficient (Wildman–Crippen LogP) is 3.34. The van der Waals surface area contributed by atoms with Crippen LogP contribution in [0.2, 0.25) is 5.02 Å². The summed E-state index contributed by atoms with van der Waals surface area (Å²) in [5.74, 6) is -0.249. The van der Waals surface area contributed by atoms with E-state index in [0.29, 0.717) is 20.7 Å². The fraction of sp³-hybridized carbons (Fsp3) is 0. The third-order valence-corrected chi connectivity index (χ3v) is 3.09. The third kappa shape index (κ3) is 2.43. The maximum atomic E-state index is 11.7. The highest BCUT2D eigenvalue weighted by Gasteiger charge is 2.08. The van der Waals surface area contributed by atoms with Gasteiger partial charge in [0.15, 0.2) is 0 Å². The van der Waals surface area contributed by atoms with Gasteiger partial charge in [0.25, 0.3) is 5.91 Å². The Morgan fingerprint density at radius 1 is 1.50 bits per heavy atom. The van der Waals surface area contributed by atoms with Crippen LogP contribution < -0.4 is 5.32 Å². The summed E-state index contributed by atoms with van der Waals surface area (Å²) < 4.78 is 5.27. The first-order valence-electron chi connectivity index (χ1n) is 4.32. The van der Waals surface area contributed by atoms with Crippen molar-refractivity contribution in [3.8, 4) is 0 Å². The van der Waals surface area contributed by atoms with Crippen LogP contribution in [0.25, 0.3) is 0 Å². The lowest BCUT2D eigenvalue weighted by Crippen LogP contribution is -2.11. The zero-order valence-corrected chi connectivity index (χ0v) is 10.2. The minimum Gasteiger partial charge on any atom is -0.363 e. The molecule has 82 valence electrons. The molecule has 6 heteroatoms. The Morgan fingerprint density at radius 2 is 2.31 bits per heavy atom. The topological polar surface area (TPSA) is 55.1 Å². The summed E-state index contributed by atoms with van der Waals surface area (Å²) in [5, 5.41) is 6.66. The Kier molecular flexibility index (Phi) is 3.26. The number of hydrogen-bond acceptors (Lipinski definition) is 3. The molecule has 4 nitrogen and oxygen atoms in total. The number of aromatic nitrogens is 1. The highest BCUT2D eigenvalue weighted by molar-refractivity contribution is 9.10. The van der Waals surface area contributed by atoms with E-state index in [9.17, 15) is 4.79 Å². The van der Waals surface area contributed by atoms with Crippen molar-refractivity contribution < 1.29 is 9.32 Å². The molecule has 0 aliphatic carbocycles. The minimum absolute atomic E-state index is 0.249. The van der Waals surface area contributed by atoms with E-state index >= 15 is 0 Å². The van der Waals surface area contributed by atoms with Crippen molar-refractivity contribution in [2.75, 3.05) is 5.32 Å². The molecule has 1 aromatic carbocycles. The van der Waals surface area contributed by atoms with Gasteiger partial charge in [0.2, 0.25) is 0 Å². The van der Waals surface area contributed by atoms with Gasteiger partial charge < -0.3 is 9.84 Å². The molecule has 1 aromatic heterocycles. The van der Waals surface area contributed by atoms with Crippen molar-refractivity contribution in [3.05, 3.63) is 45.7 Å². The molecule has 0 atom stereocenters. The third-order valence-electron chi connectivity index (χ3n) is 1.87. The predicted molar refractivity (Wildman–Crippen MR) is 63.6 cm³/mol. The second-order valence-corrected chi connectivity index (χ2v) is 4.26. The van der Waals surface area contributed by atoms with Crippen molar-refractivity contribution in [2.45, 2.75) is 0 Å². The Labute approximate surface area is 105 Å². The van der Waals surface area contributed by atoms with Crippen molar-refractivity contribution in [2.24, 2.45) is 0 Å². The number of halogens is 2. The van der Waals surface area contributed by atoms with E-state index in [1.165, 1.54) is 12.5 Å². The van der Waals surface area contributed by atoms with Gasteiger partial charge in [-0.2, -0.15) is 0 Å². The molecule has 2 aromatic rings. The Morgan fingerprint density at radius 3 is 2.94 bits per heavy atom. The average Bonchev–Trinajstić information content (AvgIpc) is 2.74. The monoisotopic (exact) mass is 300 g/mol. The summed E-state index contributed by atoms with van der Waals surface area (Å²) >= 11 is 9.07. The van der Waals surface area contributed by atoms with Crippen LogP contribution in [0.5, 0.6) is 0 Å². The largest absolute Gasteiger partial charge is 0.363 e. The molecule has 2 rings (SSSR count). The molecule has 0 aliphatic heterocycles. The number of rotatable bonds is 2. The molecule has 0 aliphatic rings. The van der Waals surface area contributed by atoms with Crippen LogP contribution in [0.1, 0.15) is 10.4 Å². The second kappa shape index (κ2) is 4.67. The summed E-state index contributed by atoms with van der Waals surface area (Å²) in [6, 6.07) is 4.93. The number of amides is 1. The van der Waals surface area contributed by atoms with Gasteiger partial charge in [-0.15, -0.1) is 0 Å². The molecule has 0 bridgehead atoms. The van der Waals surface area contributed by atoms with Crippen LogP contribution in [-0.2, 0) is 0 Å². The first-order chi connectivity index (χ1) is 7.66. The fourth-order valence-electron chi connectivity index (χ4n) is 1.11. The summed E-state index contributed by atoms with van der Waals surface area (Å²) in [7, 11) is 0. The SMILES string of the molecule is O=C(Nc1cnoc1)c1ccc(Cl)c(Br)c1. The average molecular weight is 302 g/mol. The van der Waals surface area contributed by atoms with E-state index in [-0.39, 0.29) is 5.91 Å². The van der Waals surface area contributed by atoms with Crippen LogP contribution >= 0.6 is 27.5 Å². The number of carbonyl (C=O) groups is 1. The standard InChI is InChI=1S/C10H6BrClN2O2/c11-8-3-6(1-2-9(8)12)10(15)14-7-4-13-16-5-7/h1-5H,(H,14,15). The zero-order chi connectivity index (χ0) is 11.5. The first kappa shape index (κ1) is 11.2. The smallest absolute Gasteiger partial charge is 0.255 e. The highest BCUT2D eigenvalue weighted by Crippen LogP contribution is 2.23. The lowest BCUT2D eigenvalue weighted by Gasteiger charge is -2.03. The lowest BCUT2D eigenvalue weighted by molar-refractivity contribution is 0.102. The first-order valence-corrected chi connectivity index (χ1v) is 5.49. The lowest BCUT2D eigenvalue weighted by atomic mass is 10.2. The number of nitrogens with one attached hydrogen (secondary N) is 1. The quantitative estimate of drug-likeness (QED) is 0.925. The maximum absolute atomic E-state index is 11.7. The molecule has 0 fully saturated rings. The Hall–Kier alpha value is -1.33. The summed E-state index contributed by atoms with van der Waals surface area (Å²) in [4.78, 5) is 11.7. The van der Waals surface area contributed by atoms with Crippen LogP contribution in [0, 0.1) is 0 Å². The van der Waals surface area contributed by atoms with Gasteiger partial charge in [0.1, 0.15) is 12.0 Å². The Bertz CT molecular complexity index is 514. The van der Waals surface area contributed by atoms with Gasteiger partial charge in [0, 0.05) is 10.0 Å². The number of benzene rings is 1. The van der Waals surface area contributed by atoms with E-state index in [2.05, 4.69) is 30.9 Å². The van der Waals surface area contributed by atoms with Crippen molar-refractivity contribution in [1.29, 1.82) is 0 Å². The number of carbonyl (C=O) groups excluding carboxylic acids is 1. The van der Waals surface area contributed by atoms with Gasteiger partial charge in [0.05, 0.1) is 11.2 Å². The molecule has 16 heavy (non-hydrogen) atoms. The van der Waals surface area contributed by atoms with Gasteiger partial charge in [-0.25, -0.2) is 0 Å². The molecule has 1 N–H and O–H groups in total. The van der Waals surface area contributed by atoms with Crippen molar-refractivity contribution >= 4 is 39.1 Å². The van der Waals surface area contributed by atoms with E-state index in [1.807, 2.05) is 0 Å². The fourth-order valence-corrected chi connectivity index (χ4v) is 1.60. The number of anilines is 1. The molecule has 0 saturated heterocycles. The molecule has 0 saturated carbocycles. The number of nitrogens with zero attached hydrogens (tertiary/aromatic N) is 1. The van der Waals surface area contributed by atoms with Crippen molar-refractivity contribution in [1.82, 2.24) is 5.16 Å². The van der Waals surface area contributed by atoms with E-state index in [1.54, 1.807) is 18.2 Å². The van der Waals surface area contributed by atoms with Crippen LogP contribution in [0.3, 0.4) is 0 Å². The maximum Gasteiger partial charge on any atom is 0.255 e. The van der Waals surface area contributed by atoms with E-state index in [0.717, 1.165) is 0 Å². The zero-order valence-electron chi connectivity index (χ0n) is 7.91. The highest BCUT2D eigenvalue weighted by atomic mass is 79.9. The molecule has 1 amide bonds. The summed E-state index contributed by atoms with van der Waals surface area (Å²) in [5.41, 5.74) is 1.01. The van der Waals surface area contributed by atoms with Crippen LogP contribution in [0.4, 0.5) is 5.69 Å². The normalized spacial score (nSPS) is 10.1. The summed E-state index contributed by atoms with van der Waals surface area (Å²) in [6.45, 7) is 0. The van der Waals surface area contributed by atoms with Gasteiger partial charge >= 0.3 is 0 Å². The molecule has 0 unspecified atom stereocenters. The van der Waals surface area contributed by atoms with Crippen molar-refractivity contribution in [3.63, 3.8) is 0 Å². The van der Waals surface area contributed by atoms with E-state index in [4.69, 9.17) is 11.6 Å². The molecule has 0 spiro atoms. The van der Waals surface area contributed by atoms with Crippen LogP contribution in [0.15, 0.2) is 39.7 Å². The molecule has 1 heterocycles. The molecular weight excluding hydrogens is 295 g/mol. The molecule has 0 radical (unpaired) electrons. The van der Waals surface area contributed by atoms with E-state index < -0.39 is 0 Å². The molecular formula is C10H6BrClN2O2. The van der Waals surface area contributed by atoms with Crippen LogP contribution in [-0.4, -0.2) is 11.1 Å². The van der Waals surface area contributed by atoms with Gasteiger partial charge in [-0.1, -0.05) is 16.8 Å². The van der Waals surface area contributed by atoms with Gasteiger partial charge in [-0.3, -0.25) is 4.79 Å². The van der Waals surface area contributed by atoms with Gasteiger partial charge in [-0.05, 0) is 34.1 Å².